The molecule has 128 valence electrons. The van der Waals surface area contributed by atoms with Crippen molar-refractivity contribution in [2.24, 2.45) is 5.92 Å². The molecule has 2 heterocycles. The second kappa shape index (κ2) is 5.76. The minimum atomic E-state index is -0.561. The Labute approximate surface area is 140 Å². The van der Waals surface area contributed by atoms with Gasteiger partial charge < -0.3 is 14.9 Å². The number of likely N-dealkylation sites (tertiary alicyclic amines) is 2. The summed E-state index contributed by atoms with van der Waals surface area (Å²) in [6.07, 6.45) is 4.34. The molecule has 6 heteroatoms. The number of hydrogen-bond acceptors (Lipinski definition) is 3. The van der Waals surface area contributed by atoms with Crippen molar-refractivity contribution in [1.29, 1.82) is 0 Å². The van der Waals surface area contributed by atoms with E-state index < -0.39 is 5.82 Å². The second-order valence-electron chi connectivity index (χ2n) is 7.10. The van der Waals surface area contributed by atoms with Crippen LogP contribution in [-0.2, 0) is 4.79 Å². The number of phenolic OH excluding ortho intramolecular Hbond substituents is 1. The molecule has 0 spiro atoms. The molecule has 1 aromatic rings. The summed E-state index contributed by atoms with van der Waals surface area (Å²) in [5.74, 6) is -0.590. The van der Waals surface area contributed by atoms with Crippen molar-refractivity contribution >= 4 is 11.8 Å². The van der Waals surface area contributed by atoms with E-state index in [4.69, 9.17) is 0 Å². The molecule has 0 aromatic heterocycles. The Bertz CT molecular complexity index is 689. The molecule has 3 aliphatic rings. The lowest BCUT2D eigenvalue weighted by molar-refractivity contribution is -0.141. The topological polar surface area (TPSA) is 60.9 Å². The molecule has 1 N–H and O–H groups in total. The van der Waals surface area contributed by atoms with E-state index in [1.807, 2.05) is 0 Å². The van der Waals surface area contributed by atoms with Gasteiger partial charge in [0.25, 0.3) is 5.91 Å². The van der Waals surface area contributed by atoms with Crippen LogP contribution < -0.4 is 0 Å². The molecule has 2 amide bonds. The highest BCUT2D eigenvalue weighted by molar-refractivity contribution is 5.97. The molecule has 4 rings (SSSR count). The summed E-state index contributed by atoms with van der Waals surface area (Å²) >= 11 is 0. The number of aromatic hydroxyl groups is 1. The summed E-state index contributed by atoms with van der Waals surface area (Å²) in [6, 6.07) is 4.14. The first kappa shape index (κ1) is 15.4. The van der Waals surface area contributed by atoms with E-state index in [0.29, 0.717) is 31.5 Å². The van der Waals surface area contributed by atoms with Gasteiger partial charge >= 0.3 is 0 Å². The molecule has 1 saturated carbocycles. The first-order valence-electron chi connectivity index (χ1n) is 8.63. The van der Waals surface area contributed by atoms with Crippen LogP contribution in [0.2, 0.25) is 0 Å². The van der Waals surface area contributed by atoms with Gasteiger partial charge in [-0.15, -0.1) is 0 Å². The van der Waals surface area contributed by atoms with Gasteiger partial charge in [-0.1, -0.05) is 0 Å². The van der Waals surface area contributed by atoms with Crippen molar-refractivity contribution in [2.75, 3.05) is 13.1 Å². The average Bonchev–Trinajstić information content (AvgIpc) is 3.38. The highest BCUT2D eigenvalue weighted by Crippen LogP contribution is 2.39. The summed E-state index contributed by atoms with van der Waals surface area (Å²) in [7, 11) is 0. The van der Waals surface area contributed by atoms with Crippen LogP contribution in [0.1, 0.15) is 42.5 Å². The third-order valence-corrected chi connectivity index (χ3v) is 5.49. The summed E-state index contributed by atoms with van der Waals surface area (Å²) < 4.78 is 13.1. The standard InChI is InChI=1S/C18H21FN2O3/c19-12-2-5-14(16(22)9-12)18(24)20-8-7-15-11(10-20)1-6-17(23)21(15)13-3-4-13/h2,5,9,11,13,15,22H,1,3-4,6-8,10H2/t11-,15-/m1/s1. The minimum absolute atomic E-state index is 0.140. The van der Waals surface area contributed by atoms with Crippen LogP contribution in [-0.4, -0.2) is 51.9 Å². The van der Waals surface area contributed by atoms with E-state index in [1.165, 1.54) is 12.1 Å². The van der Waals surface area contributed by atoms with Crippen LogP contribution in [0.3, 0.4) is 0 Å². The predicted molar refractivity (Wildman–Crippen MR) is 85.0 cm³/mol. The summed E-state index contributed by atoms with van der Waals surface area (Å²) in [5.41, 5.74) is 0.140. The number of piperidine rings is 2. The normalized spacial score (nSPS) is 27.1. The van der Waals surface area contributed by atoms with Crippen LogP contribution in [0.25, 0.3) is 0 Å². The van der Waals surface area contributed by atoms with E-state index in [9.17, 15) is 19.1 Å². The Morgan fingerprint density at radius 2 is 2.00 bits per heavy atom. The fourth-order valence-corrected chi connectivity index (χ4v) is 4.16. The largest absolute Gasteiger partial charge is 0.507 e. The fourth-order valence-electron chi connectivity index (χ4n) is 4.16. The number of benzene rings is 1. The lowest BCUT2D eigenvalue weighted by atomic mass is 9.83. The van der Waals surface area contributed by atoms with Crippen molar-refractivity contribution in [1.82, 2.24) is 9.80 Å². The molecule has 2 saturated heterocycles. The molecular formula is C18H21FN2O3. The van der Waals surface area contributed by atoms with E-state index in [-0.39, 0.29) is 29.2 Å². The lowest BCUT2D eigenvalue weighted by Crippen LogP contribution is -2.57. The maximum absolute atomic E-state index is 13.1. The second-order valence-corrected chi connectivity index (χ2v) is 7.10. The quantitative estimate of drug-likeness (QED) is 0.903. The summed E-state index contributed by atoms with van der Waals surface area (Å²) in [5, 5.41) is 9.84. The van der Waals surface area contributed by atoms with Gasteiger partial charge in [0.2, 0.25) is 5.91 Å². The summed E-state index contributed by atoms with van der Waals surface area (Å²) in [4.78, 5) is 28.7. The van der Waals surface area contributed by atoms with Crippen molar-refractivity contribution in [3.05, 3.63) is 29.6 Å². The minimum Gasteiger partial charge on any atom is -0.507 e. The molecule has 2 aliphatic heterocycles. The number of phenols is 1. The first-order chi connectivity index (χ1) is 11.5. The molecule has 2 atom stereocenters. The smallest absolute Gasteiger partial charge is 0.257 e. The maximum atomic E-state index is 13.1. The predicted octanol–water partition coefficient (Wildman–Crippen LogP) is 2.15. The van der Waals surface area contributed by atoms with Crippen LogP contribution in [0.15, 0.2) is 18.2 Å². The van der Waals surface area contributed by atoms with Crippen LogP contribution in [0, 0.1) is 11.7 Å². The zero-order valence-electron chi connectivity index (χ0n) is 13.4. The Hall–Kier alpha value is -2.11. The zero-order chi connectivity index (χ0) is 16.8. The number of halogens is 1. The third-order valence-electron chi connectivity index (χ3n) is 5.49. The molecule has 1 aromatic carbocycles. The molecule has 0 unspecified atom stereocenters. The SMILES string of the molecule is O=C(c1ccc(F)cc1O)N1CC[C@@H]2[C@H](CCC(=O)N2C2CC2)C1. The number of carbonyl (C=O) groups excluding carboxylic acids is 2. The Morgan fingerprint density at radius 1 is 1.21 bits per heavy atom. The van der Waals surface area contributed by atoms with E-state index in [2.05, 4.69) is 4.90 Å². The van der Waals surface area contributed by atoms with Gasteiger partial charge in [-0.25, -0.2) is 4.39 Å². The van der Waals surface area contributed by atoms with Gasteiger partial charge in [0.1, 0.15) is 11.6 Å². The molecule has 0 bridgehead atoms. The van der Waals surface area contributed by atoms with E-state index in [1.54, 1.807) is 4.90 Å². The molecule has 24 heavy (non-hydrogen) atoms. The third kappa shape index (κ3) is 2.64. The van der Waals surface area contributed by atoms with Gasteiger partial charge in [-0.3, -0.25) is 9.59 Å². The zero-order valence-corrected chi connectivity index (χ0v) is 13.4. The average molecular weight is 332 g/mol. The monoisotopic (exact) mass is 332 g/mol. The Balaban J connectivity index is 1.50. The molecule has 3 fully saturated rings. The highest BCUT2D eigenvalue weighted by Gasteiger charge is 2.45. The van der Waals surface area contributed by atoms with Crippen molar-refractivity contribution in [3.63, 3.8) is 0 Å². The number of nitrogens with zero attached hydrogens (tertiary/aromatic N) is 2. The number of rotatable bonds is 2. The fraction of sp³-hybridized carbons (Fsp3) is 0.556. The maximum Gasteiger partial charge on any atom is 0.257 e. The van der Waals surface area contributed by atoms with Crippen molar-refractivity contribution in [3.8, 4) is 5.75 Å². The Morgan fingerprint density at radius 3 is 2.71 bits per heavy atom. The summed E-state index contributed by atoms with van der Waals surface area (Å²) in [6.45, 7) is 1.16. The molecular weight excluding hydrogens is 311 g/mol. The van der Waals surface area contributed by atoms with Gasteiger partial charge in [-0.05, 0) is 43.7 Å². The van der Waals surface area contributed by atoms with Crippen LogP contribution >= 0.6 is 0 Å². The van der Waals surface area contributed by atoms with E-state index >= 15 is 0 Å². The molecule has 1 aliphatic carbocycles. The number of fused-ring (bicyclic) bond motifs is 1. The van der Waals surface area contributed by atoms with Crippen molar-refractivity contribution < 1.29 is 19.1 Å². The van der Waals surface area contributed by atoms with Crippen LogP contribution in [0.4, 0.5) is 4.39 Å². The molecule has 0 radical (unpaired) electrons. The Kier molecular flexibility index (Phi) is 3.70. The van der Waals surface area contributed by atoms with Crippen molar-refractivity contribution in [2.45, 2.75) is 44.2 Å². The van der Waals surface area contributed by atoms with Gasteiger partial charge in [0.15, 0.2) is 0 Å². The van der Waals surface area contributed by atoms with Gasteiger partial charge in [0, 0.05) is 37.7 Å². The first-order valence-corrected chi connectivity index (χ1v) is 8.63. The number of hydrogen-bond donors (Lipinski definition) is 1. The number of amides is 2. The van der Waals surface area contributed by atoms with Gasteiger partial charge in [0.05, 0.1) is 5.56 Å². The lowest BCUT2D eigenvalue weighted by Gasteiger charge is -2.47. The molecule has 5 nitrogen and oxygen atoms in total. The highest BCUT2D eigenvalue weighted by atomic mass is 19.1. The number of carbonyl (C=O) groups is 2. The van der Waals surface area contributed by atoms with Crippen LogP contribution in [0.5, 0.6) is 5.75 Å². The van der Waals surface area contributed by atoms with Gasteiger partial charge in [-0.2, -0.15) is 0 Å². The van der Waals surface area contributed by atoms with E-state index in [0.717, 1.165) is 31.7 Å².